The summed E-state index contributed by atoms with van der Waals surface area (Å²) < 4.78 is 10.2. The van der Waals surface area contributed by atoms with E-state index in [1.54, 1.807) is 14.2 Å². The molecule has 2 atom stereocenters. The highest BCUT2D eigenvalue weighted by atomic mass is 16.5. The minimum Gasteiger partial charge on any atom is -0.382 e. The van der Waals surface area contributed by atoms with Gasteiger partial charge in [-0.2, -0.15) is 0 Å². The lowest BCUT2D eigenvalue weighted by molar-refractivity contribution is 0.0696. The summed E-state index contributed by atoms with van der Waals surface area (Å²) in [6, 6.07) is 0. The van der Waals surface area contributed by atoms with Crippen LogP contribution < -0.4 is 0 Å². The smallest absolute Gasteiger partial charge is 0.0544 e. The lowest BCUT2D eigenvalue weighted by Crippen LogP contribution is -2.11. The molecule has 2 heteroatoms. The Labute approximate surface area is 63.5 Å². The molecule has 0 amide bonds. The van der Waals surface area contributed by atoms with Gasteiger partial charge in [-0.05, 0) is 26.7 Å². The maximum absolute atomic E-state index is 5.09. The van der Waals surface area contributed by atoms with E-state index in [0.29, 0.717) is 12.2 Å². The monoisotopic (exact) mass is 146 g/mol. The molecule has 0 fully saturated rings. The Morgan fingerprint density at radius 2 is 1.20 bits per heavy atom. The summed E-state index contributed by atoms with van der Waals surface area (Å²) in [5, 5.41) is 0. The van der Waals surface area contributed by atoms with Crippen molar-refractivity contribution in [2.75, 3.05) is 14.2 Å². The van der Waals surface area contributed by atoms with Gasteiger partial charge in [-0.3, -0.25) is 0 Å². The summed E-state index contributed by atoms with van der Waals surface area (Å²) >= 11 is 0. The largest absolute Gasteiger partial charge is 0.382 e. The minimum atomic E-state index is 0.359. The topological polar surface area (TPSA) is 18.5 Å². The normalized spacial score (nSPS) is 16.8. The summed E-state index contributed by atoms with van der Waals surface area (Å²) in [7, 11) is 3.48. The molecule has 0 saturated heterocycles. The van der Waals surface area contributed by atoms with Crippen LogP contribution in [0.25, 0.3) is 0 Å². The number of ether oxygens (including phenoxy) is 2. The molecular weight excluding hydrogens is 128 g/mol. The van der Waals surface area contributed by atoms with Crippen LogP contribution in [0.2, 0.25) is 0 Å². The van der Waals surface area contributed by atoms with Crippen molar-refractivity contribution in [1.82, 2.24) is 0 Å². The van der Waals surface area contributed by atoms with Crippen molar-refractivity contribution < 1.29 is 9.47 Å². The molecule has 10 heavy (non-hydrogen) atoms. The minimum absolute atomic E-state index is 0.359. The van der Waals surface area contributed by atoms with Crippen LogP contribution in [0.15, 0.2) is 0 Å². The fourth-order valence-electron chi connectivity index (χ4n) is 0.705. The van der Waals surface area contributed by atoms with E-state index in [-0.39, 0.29) is 0 Å². The van der Waals surface area contributed by atoms with Crippen LogP contribution >= 0.6 is 0 Å². The summed E-state index contributed by atoms with van der Waals surface area (Å²) in [5.74, 6) is 0. The van der Waals surface area contributed by atoms with Gasteiger partial charge in [-0.15, -0.1) is 0 Å². The number of methoxy groups -OCH3 is 2. The highest BCUT2D eigenvalue weighted by molar-refractivity contribution is 4.54. The molecule has 0 unspecified atom stereocenters. The highest BCUT2D eigenvalue weighted by Gasteiger charge is 2.03. The molecule has 0 N–H and O–H groups in total. The lowest BCUT2D eigenvalue weighted by Gasteiger charge is -2.12. The van der Waals surface area contributed by atoms with Crippen molar-refractivity contribution in [2.24, 2.45) is 0 Å². The molecule has 0 aliphatic rings. The molecule has 0 saturated carbocycles. The first-order valence-electron chi connectivity index (χ1n) is 3.76. The number of hydrogen-bond donors (Lipinski definition) is 0. The molecule has 0 radical (unpaired) electrons. The maximum Gasteiger partial charge on any atom is 0.0544 e. The van der Waals surface area contributed by atoms with Crippen molar-refractivity contribution in [2.45, 2.75) is 38.9 Å². The second-order valence-corrected chi connectivity index (χ2v) is 2.67. The Morgan fingerprint density at radius 1 is 0.900 bits per heavy atom. The molecule has 0 aliphatic carbocycles. The van der Waals surface area contributed by atoms with Gasteiger partial charge in [0.05, 0.1) is 12.2 Å². The predicted molar refractivity (Wildman–Crippen MR) is 42.2 cm³/mol. The Balaban J connectivity index is 3.17. The molecular formula is C8H18O2. The zero-order valence-electron chi connectivity index (χ0n) is 7.39. The fourth-order valence-corrected chi connectivity index (χ4v) is 0.705. The standard InChI is InChI=1S/C8H18O2/c1-7(9-3)5-6-8(2)10-4/h7-8H,5-6H2,1-4H3/t7-,8+. The molecule has 0 bridgehead atoms. The first kappa shape index (κ1) is 9.92. The Morgan fingerprint density at radius 3 is 1.40 bits per heavy atom. The van der Waals surface area contributed by atoms with Crippen LogP contribution in [0.4, 0.5) is 0 Å². The van der Waals surface area contributed by atoms with E-state index in [2.05, 4.69) is 13.8 Å². The van der Waals surface area contributed by atoms with Gasteiger partial charge in [0.1, 0.15) is 0 Å². The summed E-state index contributed by atoms with van der Waals surface area (Å²) in [4.78, 5) is 0. The third-order valence-corrected chi connectivity index (χ3v) is 1.78. The Bertz CT molecular complexity index is 63.7. The Hall–Kier alpha value is -0.0800. The van der Waals surface area contributed by atoms with Crippen molar-refractivity contribution in [3.05, 3.63) is 0 Å². The number of hydrogen-bond acceptors (Lipinski definition) is 2. The van der Waals surface area contributed by atoms with Crippen LogP contribution in [0.5, 0.6) is 0 Å². The van der Waals surface area contributed by atoms with E-state index < -0.39 is 0 Å². The zero-order chi connectivity index (χ0) is 7.98. The van der Waals surface area contributed by atoms with Gasteiger partial charge in [-0.1, -0.05) is 0 Å². The van der Waals surface area contributed by atoms with Crippen molar-refractivity contribution in [1.29, 1.82) is 0 Å². The van der Waals surface area contributed by atoms with E-state index in [0.717, 1.165) is 12.8 Å². The average Bonchev–Trinajstić information content (AvgIpc) is 1.99. The van der Waals surface area contributed by atoms with E-state index in [1.807, 2.05) is 0 Å². The van der Waals surface area contributed by atoms with Gasteiger partial charge in [0, 0.05) is 14.2 Å². The SMILES string of the molecule is CO[C@H](C)CC[C@H](C)OC. The average molecular weight is 146 g/mol. The molecule has 0 aromatic carbocycles. The number of rotatable bonds is 5. The van der Waals surface area contributed by atoms with E-state index >= 15 is 0 Å². The summed E-state index contributed by atoms with van der Waals surface area (Å²) in [6.45, 7) is 4.14. The van der Waals surface area contributed by atoms with Crippen LogP contribution in [0.1, 0.15) is 26.7 Å². The van der Waals surface area contributed by atoms with E-state index in [4.69, 9.17) is 9.47 Å². The van der Waals surface area contributed by atoms with Gasteiger partial charge in [0.15, 0.2) is 0 Å². The van der Waals surface area contributed by atoms with Gasteiger partial charge in [-0.25, -0.2) is 0 Å². The van der Waals surface area contributed by atoms with Crippen LogP contribution in [-0.4, -0.2) is 26.4 Å². The third-order valence-electron chi connectivity index (χ3n) is 1.78. The fraction of sp³-hybridized carbons (Fsp3) is 1.00. The first-order valence-corrected chi connectivity index (χ1v) is 3.76. The predicted octanol–water partition coefficient (Wildman–Crippen LogP) is 1.84. The van der Waals surface area contributed by atoms with Crippen LogP contribution in [0.3, 0.4) is 0 Å². The van der Waals surface area contributed by atoms with Gasteiger partial charge in [0.25, 0.3) is 0 Å². The van der Waals surface area contributed by atoms with Crippen molar-refractivity contribution in [3.8, 4) is 0 Å². The third kappa shape index (κ3) is 4.77. The summed E-state index contributed by atoms with van der Waals surface area (Å²) in [6.07, 6.45) is 2.87. The molecule has 0 aromatic heterocycles. The van der Waals surface area contributed by atoms with Crippen molar-refractivity contribution >= 4 is 0 Å². The summed E-state index contributed by atoms with van der Waals surface area (Å²) in [5.41, 5.74) is 0. The quantitative estimate of drug-likeness (QED) is 0.589. The van der Waals surface area contributed by atoms with Crippen molar-refractivity contribution in [3.63, 3.8) is 0 Å². The van der Waals surface area contributed by atoms with Gasteiger partial charge < -0.3 is 9.47 Å². The second kappa shape index (κ2) is 5.69. The van der Waals surface area contributed by atoms with Gasteiger partial charge >= 0.3 is 0 Å². The molecule has 0 heterocycles. The first-order chi connectivity index (χ1) is 4.70. The molecule has 0 rings (SSSR count). The van der Waals surface area contributed by atoms with Crippen LogP contribution in [-0.2, 0) is 9.47 Å². The van der Waals surface area contributed by atoms with Crippen LogP contribution in [0, 0.1) is 0 Å². The zero-order valence-corrected chi connectivity index (χ0v) is 7.39. The molecule has 0 aliphatic heterocycles. The molecule has 0 spiro atoms. The lowest BCUT2D eigenvalue weighted by atomic mass is 10.1. The molecule has 62 valence electrons. The molecule has 0 aromatic rings. The van der Waals surface area contributed by atoms with Gasteiger partial charge in [0.2, 0.25) is 0 Å². The van der Waals surface area contributed by atoms with E-state index in [9.17, 15) is 0 Å². The Kier molecular flexibility index (Phi) is 5.64. The highest BCUT2D eigenvalue weighted by Crippen LogP contribution is 2.05. The molecule has 2 nitrogen and oxygen atoms in total. The van der Waals surface area contributed by atoms with E-state index in [1.165, 1.54) is 0 Å². The maximum atomic E-state index is 5.09. The second-order valence-electron chi connectivity index (χ2n) is 2.67.